The molecule has 0 radical (unpaired) electrons. The molecule has 1 aliphatic carbocycles. The highest BCUT2D eigenvalue weighted by Gasteiger charge is 2.20. The second-order valence-corrected chi connectivity index (χ2v) is 9.27. The van der Waals surface area contributed by atoms with Crippen molar-refractivity contribution in [1.29, 1.82) is 0 Å². The lowest BCUT2D eigenvalue weighted by molar-refractivity contribution is 0.261. The third-order valence-electron chi connectivity index (χ3n) is 5.46. The fourth-order valence-electron chi connectivity index (χ4n) is 3.78. The molecule has 0 unspecified atom stereocenters. The van der Waals surface area contributed by atoms with Gasteiger partial charge in [-0.25, -0.2) is 0 Å². The van der Waals surface area contributed by atoms with Crippen LogP contribution < -0.4 is 10.6 Å². The first kappa shape index (κ1) is 28.1. The minimum atomic E-state index is 0. The minimum absolute atomic E-state index is 0. The second kappa shape index (κ2) is 14.3. The van der Waals surface area contributed by atoms with Crippen molar-refractivity contribution in [2.75, 3.05) is 13.1 Å². The molecule has 2 aromatic rings. The van der Waals surface area contributed by atoms with Gasteiger partial charge in [0, 0.05) is 13.1 Å². The Morgan fingerprint density at radius 1 is 0.600 bits per heavy atom. The lowest BCUT2D eigenvalue weighted by atomic mass is 9.82. The predicted molar refractivity (Wildman–Crippen MR) is 136 cm³/mol. The Morgan fingerprint density at radius 3 is 1.30 bits per heavy atom. The summed E-state index contributed by atoms with van der Waals surface area (Å²) in [6, 6.07) is 11.6. The van der Waals surface area contributed by atoms with Gasteiger partial charge in [-0.15, -0.1) is 24.8 Å². The quantitative estimate of drug-likeness (QED) is 0.362. The van der Waals surface area contributed by atoms with E-state index in [1.54, 1.807) is 0 Å². The zero-order valence-electron chi connectivity index (χ0n) is 16.6. The monoisotopic (exact) mass is 530 g/mol. The van der Waals surface area contributed by atoms with E-state index in [0.29, 0.717) is 20.1 Å². The average molecular weight is 533 g/mol. The summed E-state index contributed by atoms with van der Waals surface area (Å²) in [5.74, 6) is 1.52. The van der Waals surface area contributed by atoms with Gasteiger partial charge in [0.2, 0.25) is 0 Å². The van der Waals surface area contributed by atoms with Crippen LogP contribution in [0.5, 0.6) is 0 Å². The van der Waals surface area contributed by atoms with Crippen LogP contribution in [0, 0.1) is 11.8 Å². The van der Waals surface area contributed by atoms with Crippen molar-refractivity contribution < 1.29 is 0 Å². The highest BCUT2D eigenvalue weighted by Crippen LogP contribution is 2.28. The third-order valence-corrected chi connectivity index (χ3v) is 6.94. The summed E-state index contributed by atoms with van der Waals surface area (Å²) in [4.78, 5) is 0. The van der Waals surface area contributed by atoms with Crippen molar-refractivity contribution in [3.63, 3.8) is 0 Å². The molecular formula is C22H28Cl6N2. The molecule has 0 saturated heterocycles. The zero-order valence-corrected chi connectivity index (χ0v) is 21.3. The molecule has 1 saturated carbocycles. The van der Waals surface area contributed by atoms with E-state index in [0.717, 1.165) is 38.0 Å². The molecule has 1 fully saturated rings. The van der Waals surface area contributed by atoms with E-state index in [-0.39, 0.29) is 24.8 Å². The van der Waals surface area contributed by atoms with E-state index in [2.05, 4.69) is 10.6 Å². The topological polar surface area (TPSA) is 24.1 Å². The van der Waals surface area contributed by atoms with Crippen LogP contribution in [-0.4, -0.2) is 13.1 Å². The number of rotatable bonds is 8. The number of halogens is 6. The van der Waals surface area contributed by atoms with Gasteiger partial charge < -0.3 is 10.6 Å². The van der Waals surface area contributed by atoms with Gasteiger partial charge in [0.15, 0.2) is 0 Å². The molecule has 2 nitrogen and oxygen atoms in total. The molecule has 2 N–H and O–H groups in total. The van der Waals surface area contributed by atoms with E-state index in [1.807, 2.05) is 36.4 Å². The zero-order chi connectivity index (χ0) is 19.9. The summed E-state index contributed by atoms with van der Waals surface area (Å²) >= 11 is 24.1. The van der Waals surface area contributed by atoms with Crippen molar-refractivity contribution in [3.8, 4) is 0 Å². The number of benzene rings is 2. The van der Waals surface area contributed by atoms with Crippen LogP contribution in [-0.2, 0) is 13.1 Å². The normalized spacial score (nSPS) is 18.4. The number of hydrogen-bond acceptors (Lipinski definition) is 2. The molecule has 1 aliphatic rings. The molecule has 0 bridgehead atoms. The predicted octanol–water partition coefficient (Wildman–Crippen LogP) is 7.83. The van der Waals surface area contributed by atoms with E-state index in [4.69, 9.17) is 46.4 Å². The summed E-state index contributed by atoms with van der Waals surface area (Å²) in [7, 11) is 0. The van der Waals surface area contributed by atoms with Crippen LogP contribution in [0.2, 0.25) is 20.1 Å². The van der Waals surface area contributed by atoms with Gasteiger partial charge in [-0.05, 0) is 86.0 Å². The Morgan fingerprint density at radius 2 is 0.967 bits per heavy atom. The maximum absolute atomic E-state index is 6.07. The molecule has 8 heteroatoms. The van der Waals surface area contributed by atoms with Gasteiger partial charge in [0.05, 0.1) is 20.1 Å². The second-order valence-electron chi connectivity index (χ2n) is 7.65. The van der Waals surface area contributed by atoms with E-state index < -0.39 is 0 Å². The van der Waals surface area contributed by atoms with Gasteiger partial charge >= 0.3 is 0 Å². The van der Waals surface area contributed by atoms with Crippen molar-refractivity contribution in [2.45, 2.75) is 38.8 Å². The minimum Gasteiger partial charge on any atom is -0.312 e. The van der Waals surface area contributed by atoms with Crippen LogP contribution in [0.4, 0.5) is 0 Å². The van der Waals surface area contributed by atoms with E-state index in [9.17, 15) is 0 Å². The van der Waals surface area contributed by atoms with Crippen molar-refractivity contribution in [1.82, 2.24) is 10.6 Å². The highest BCUT2D eigenvalue weighted by atomic mass is 35.5. The first-order valence-corrected chi connectivity index (χ1v) is 11.3. The summed E-state index contributed by atoms with van der Waals surface area (Å²) in [5.41, 5.74) is 2.35. The Bertz CT molecular complexity index is 713. The van der Waals surface area contributed by atoms with Crippen molar-refractivity contribution >= 4 is 71.2 Å². The van der Waals surface area contributed by atoms with Crippen molar-refractivity contribution in [2.24, 2.45) is 11.8 Å². The standard InChI is InChI=1S/C22H26Cl4N2.2ClH/c23-19-7-5-17(9-21(19)25)13-27-11-15-1-2-16(4-3-15)12-28-14-18-6-8-20(24)22(26)10-18;;/h5-10,15-16,27-28H,1-4,11-14H2;2*1H. The molecule has 0 aromatic heterocycles. The molecule has 0 heterocycles. The van der Waals surface area contributed by atoms with Crippen molar-refractivity contribution in [3.05, 3.63) is 67.6 Å². The molecule has 30 heavy (non-hydrogen) atoms. The lowest BCUT2D eigenvalue weighted by Crippen LogP contribution is -2.30. The molecule has 0 atom stereocenters. The molecule has 2 aromatic carbocycles. The first-order valence-electron chi connectivity index (χ1n) is 9.80. The van der Waals surface area contributed by atoms with Crippen LogP contribution >= 0.6 is 71.2 Å². The SMILES string of the molecule is Cl.Cl.Clc1ccc(CNCC2CCC(CNCc3ccc(Cl)c(Cl)c3)CC2)cc1Cl. The molecule has 0 amide bonds. The Balaban J connectivity index is 0.00000225. The third kappa shape index (κ3) is 8.92. The first-order chi connectivity index (χ1) is 13.5. The molecule has 0 spiro atoms. The summed E-state index contributed by atoms with van der Waals surface area (Å²) in [5, 5.41) is 9.59. The van der Waals surface area contributed by atoms with Gasteiger partial charge in [-0.2, -0.15) is 0 Å². The van der Waals surface area contributed by atoms with Crippen LogP contribution in [0.15, 0.2) is 36.4 Å². The summed E-state index contributed by atoms with van der Waals surface area (Å²) in [6.07, 6.45) is 5.14. The lowest BCUT2D eigenvalue weighted by Gasteiger charge is -2.29. The largest absolute Gasteiger partial charge is 0.312 e. The van der Waals surface area contributed by atoms with E-state index in [1.165, 1.54) is 36.8 Å². The van der Waals surface area contributed by atoms with Gasteiger partial charge in [0.1, 0.15) is 0 Å². The average Bonchev–Trinajstić information content (AvgIpc) is 2.69. The van der Waals surface area contributed by atoms with Crippen LogP contribution in [0.25, 0.3) is 0 Å². The Hall–Kier alpha value is 0.1000. The maximum atomic E-state index is 6.07. The highest BCUT2D eigenvalue weighted by molar-refractivity contribution is 6.42. The van der Waals surface area contributed by atoms with Gasteiger partial charge in [0.25, 0.3) is 0 Å². The van der Waals surface area contributed by atoms with Gasteiger partial charge in [-0.3, -0.25) is 0 Å². The fraction of sp³-hybridized carbons (Fsp3) is 0.455. The Labute approximate surface area is 212 Å². The van der Waals surface area contributed by atoms with Crippen LogP contribution in [0.3, 0.4) is 0 Å². The molecule has 3 rings (SSSR count). The van der Waals surface area contributed by atoms with Gasteiger partial charge in [-0.1, -0.05) is 58.5 Å². The fourth-order valence-corrected chi connectivity index (χ4v) is 4.42. The number of nitrogens with one attached hydrogen (secondary N) is 2. The summed E-state index contributed by atoms with van der Waals surface area (Å²) < 4.78 is 0. The molecular weight excluding hydrogens is 505 g/mol. The number of hydrogen-bond donors (Lipinski definition) is 2. The molecule has 0 aliphatic heterocycles. The van der Waals surface area contributed by atoms with E-state index >= 15 is 0 Å². The Kier molecular flexibility index (Phi) is 13.4. The maximum Gasteiger partial charge on any atom is 0.0595 e. The summed E-state index contributed by atoms with van der Waals surface area (Å²) in [6.45, 7) is 3.79. The molecule has 168 valence electrons. The smallest absolute Gasteiger partial charge is 0.0595 e. The van der Waals surface area contributed by atoms with Crippen LogP contribution in [0.1, 0.15) is 36.8 Å².